The summed E-state index contributed by atoms with van der Waals surface area (Å²) < 4.78 is 0. The van der Waals surface area contributed by atoms with E-state index in [1.54, 1.807) is 0 Å². The molecule has 1 heterocycles. The van der Waals surface area contributed by atoms with E-state index >= 15 is 0 Å². The van der Waals surface area contributed by atoms with Crippen molar-refractivity contribution in [1.82, 2.24) is 10.6 Å². The van der Waals surface area contributed by atoms with E-state index in [0.717, 1.165) is 19.5 Å². The van der Waals surface area contributed by atoms with Gasteiger partial charge in [-0.2, -0.15) is 0 Å². The van der Waals surface area contributed by atoms with E-state index in [4.69, 9.17) is 0 Å². The lowest BCUT2D eigenvalue weighted by molar-refractivity contribution is -0.121. The van der Waals surface area contributed by atoms with E-state index in [9.17, 15) is 4.79 Å². The van der Waals surface area contributed by atoms with Crippen molar-refractivity contribution < 1.29 is 4.79 Å². The van der Waals surface area contributed by atoms with Gasteiger partial charge in [-0.15, -0.1) is 0 Å². The normalized spacial score (nSPS) is 28.8. The van der Waals surface area contributed by atoms with Crippen LogP contribution in [-0.4, -0.2) is 25.0 Å². The van der Waals surface area contributed by atoms with Gasteiger partial charge in [-0.1, -0.05) is 13.8 Å². The molecule has 0 aromatic heterocycles. The molecule has 0 saturated carbocycles. The van der Waals surface area contributed by atoms with Crippen molar-refractivity contribution in [3.63, 3.8) is 0 Å². The molecule has 1 aliphatic rings. The molecule has 0 aromatic carbocycles. The second kappa shape index (κ2) is 4.45. The summed E-state index contributed by atoms with van der Waals surface area (Å²) in [5, 5.41) is 6.28. The molecule has 1 saturated heterocycles. The first kappa shape index (κ1) is 9.52. The zero-order valence-corrected chi connectivity index (χ0v) is 7.89. The van der Waals surface area contributed by atoms with Gasteiger partial charge in [0.15, 0.2) is 0 Å². The third kappa shape index (κ3) is 2.48. The van der Waals surface area contributed by atoms with Crippen LogP contribution in [0.1, 0.15) is 26.7 Å². The van der Waals surface area contributed by atoms with Gasteiger partial charge in [0.05, 0.1) is 0 Å². The van der Waals surface area contributed by atoms with Gasteiger partial charge in [-0.05, 0) is 18.9 Å². The Hall–Kier alpha value is -0.570. The molecule has 0 aromatic rings. The van der Waals surface area contributed by atoms with Crippen molar-refractivity contribution >= 4 is 5.91 Å². The molecule has 3 nitrogen and oxygen atoms in total. The molecular formula is C9H18N2O. The smallest absolute Gasteiger partial charge is 0.220 e. The average molecular weight is 170 g/mol. The van der Waals surface area contributed by atoms with Crippen LogP contribution in [0.25, 0.3) is 0 Å². The number of carbonyl (C=O) groups is 1. The molecule has 0 spiro atoms. The maximum atomic E-state index is 11.2. The van der Waals surface area contributed by atoms with Gasteiger partial charge in [-0.25, -0.2) is 0 Å². The van der Waals surface area contributed by atoms with Gasteiger partial charge in [0, 0.05) is 19.0 Å². The molecule has 0 radical (unpaired) electrons. The fourth-order valence-corrected chi connectivity index (χ4v) is 1.51. The van der Waals surface area contributed by atoms with Crippen molar-refractivity contribution in [2.45, 2.75) is 32.7 Å². The quantitative estimate of drug-likeness (QED) is 0.648. The molecule has 1 amide bonds. The first-order chi connectivity index (χ1) is 5.74. The van der Waals surface area contributed by atoms with Crippen molar-refractivity contribution in [1.29, 1.82) is 0 Å². The number of carbonyl (C=O) groups excluding carboxylic acids is 1. The Balaban J connectivity index is 2.25. The Morgan fingerprint density at radius 1 is 1.58 bits per heavy atom. The predicted molar refractivity (Wildman–Crippen MR) is 48.9 cm³/mol. The number of amides is 1. The Morgan fingerprint density at radius 3 is 2.83 bits per heavy atom. The number of nitrogens with one attached hydrogen (secondary N) is 2. The molecule has 2 atom stereocenters. The van der Waals surface area contributed by atoms with Crippen LogP contribution in [0.5, 0.6) is 0 Å². The van der Waals surface area contributed by atoms with Gasteiger partial charge in [0.1, 0.15) is 0 Å². The van der Waals surface area contributed by atoms with Crippen LogP contribution in [0.15, 0.2) is 0 Å². The molecule has 3 heteroatoms. The fraction of sp³-hybridized carbons (Fsp3) is 0.889. The summed E-state index contributed by atoms with van der Waals surface area (Å²) in [7, 11) is 0. The molecule has 1 rings (SSSR count). The largest absolute Gasteiger partial charge is 0.352 e. The summed E-state index contributed by atoms with van der Waals surface area (Å²) in [6.45, 7) is 6.14. The van der Waals surface area contributed by atoms with Crippen molar-refractivity contribution in [3.8, 4) is 0 Å². The summed E-state index contributed by atoms with van der Waals surface area (Å²) in [5.41, 5.74) is 0. The fourth-order valence-electron chi connectivity index (χ4n) is 1.51. The van der Waals surface area contributed by atoms with Crippen molar-refractivity contribution in [2.75, 3.05) is 13.1 Å². The Bertz CT molecular complexity index is 159. The minimum absolute atomic E-state index is 0.193. The predicted octanol–water partition coefficient (Wildman–Crippen LogP) is 0.511. The third-order valence-electron chi connectivity index (χ3n) is 2.34. The molecule has 0 bridgehead atoms. The molecule has 2 N–H and O–H groups in total. The highest BCUT2D eigenvalue weighted by Crippen LogP contribution is 2.07. The van der Waals surface area contributed by atoms with Crippen molar-refractivity contribution in [3.05, 3.63) is 0 Å². The SMILES string of the molecule is CCCC(=O)NC1CNCC1C. The molecule has 1 fully saturated rings. The maximum absolute atomic E-state index is 11.2. The molecular weight excluding hydrogens is 152 g/mol. The van der Waals surface area contributed by atoms with E-state index in [1.807, 2.05) is 6.92 Å². The van der Waals surface area contributed by atoms with Gasteiger partial charge < -0.3 is 10.6 Å². The lowest BCUT2D eigenvalue weighted by atomic mass is 10.1. The second-order valence-electron chi connectivity index (χ2n) is 3.56. The molecule has 1 aliphatic heterocycles. The van der Waals surface area contributed by atoms with Crippen LogP contribution in [0.3, 0.4) is 0 Å². The first-order valence-corrected chi connectivity index (χ1v) is 4.74. The van der Waals surface area contributed by atoms with Crippen LogP contribution < -0.4 is 10.6 Å². The van der Waals surface area contributed by atoms with E-state index in [0.29, 0.717) is 18.4 Å². The molecule has 2 unspecified atom stereocenters. The lowest BCUT2D eigenvalue weighted by Gasteiger charge is -2.15. The van der Waals surface area contributed by atoms with Gasteiger partial charge in [0.2, 0.25) is 5.91 Å². The standard InChI is InChI=1S/C9H18N2O/c1-3-4-9(12)11-8-6-10-5-7(8)2/h7-8,10H,3-6H2,1-2H3,(H,11,12). The highest BCUT2D eigenvalue weighted by molar-refractivity contribution is 5.76. The molecule has 70 valence electrons. The molecule has 0 aliphatic carbocycles. The summed E-state index contributed by atoms with van der Waals surface area (Å²) in [6, 6.07) is 0.351. The van der Waals surface area contributed by atoms with Gasteiger partial charge >= 0.3 is 0 Å². The topological polar surface area (TPSA) is 41.1 Å². The Kier molecular flexibility index (Phi) is 3.53. The van der Waals surface area contributed by atoms with E-state index in [-0.39, 0.29) is 5.91 Å². The van der Waals surface area contributed by atoms with Crippen molar-refractivity contribution in [2.24, 2.45) is 5.92 Å². The van der Waals surface area contributed by atoms with Gasteiger partial charge in [-0.3, -0.25) is 4.79 Å². The minimum atomic E-state index is 0.193. The summed E-state index contributed by atoms with van der Waals surface area (Å²) in [6.07, 6.45) is 1.59. The zero-order valence-electron chi connectivity index (χ0n) is 7.89. The van der Waals surface area contributed by atoms with Crippen LogP contribution in [-0.2, 0) is 4.79 Å². The highest BCUT2D eigenvalue weighted by atomic mass is 16.1. The van der Waals surface area contributed by atoms with Gasteiger partial charge in [0.25, 0.3) is 0 Å². The van der Waals surface area contributed by atoms with Crippen LogP contribution in [0, 0.1) is 5.92 Å². The third-order valence-corrected chi connectivity index (χ3v) is 2.34. The minimum Gasteiger partial charge on any atom is -0.352 e. The first-order valence-electron chi connectivity index (χ1n) is 4.74. The monoisotopic (exact) mass is 170 g/mol. The van der Waals surface area contributed by atoms with Crippen LogP contribution in [0.4, 0.5) is 0 Å². The van der Waals surface area contributed by atoms with Crippen LogP contribution >= 0.6 is 0 Å². The summed E-state index contributed by atoms with van der Waals surface area (Å²) in [4.78, 5) is 11.2. The second-order valence-corrected chi connectivity index (χ2v) is 3.56. The average Bonchev–Trinajstić information content (AvgIpc) is 2.37. The summed E-state index contributed by atoms with van der Waals surface area (Å²) >= 11 is 0. The lowest BCUT2D eigenvalue weighted by Crippen LogP contribution is -2.39. The molecule has 12 heavy (non-hydrogen) atoms. The summed E-state index contributed by atoms with van der Waals surface area (Å²) in [5.74, 6) is 0.767. The number of hydrogen-bond donors (Lipinski definition) is 2. The number of hydrogen-bond acceptors (Lipinski definition) is 2. The van der Waals surface area contributed by atoms with E-state index in [2.05, 4.69) is 17.6 Å². The Labute approximate surface area is 73.9 Å². The maximum Gasteiger partial charge on any atom is 0.220 e. The number of rotatable bonds is 3. The van der Waals surface area contributed by atoms with E-state index < -0.39 is 0 Å². The van der Waals surface area contributed by atoms with E-state index in [1.165, 1.54) is 0 Å². The zero-order chi connectivity index (χ0) is 8.97. The van der Waals surface area contributed by atoms with Crippen LogP contribution in [0.2, 0.25) is 0 Å². The highest BCUT2D eigenvalue weighted by Gasteiger charge is 2.23. The Morgan fingerprint density at radius 2 is 2.33 bits per heavy atom.